The summed E-state index contributed by atoms with van der Waals surface area (Å²) in [6.07, 6.45) is -1.19. The van der Waals surface area contributed by atoms with Crippen molar-refractivity contribution >= 4 is 5.52 Å². The minimum Gasteiger partial charge on any atom is -0.326 e. The summed E-state index contributed by atoms with van der Waals surface area (Å²) in [5, 5.41) is 0. The Morgan fingerprint density at radius 3 is 2.62 bits per heavy atom. The van der Waals surface area contributed by atoms with Gasteiger partial charge in [-0.2, -0.15) is 13.2 Å². The second-order valence-electron chi connectivity index (χ2n) is 4.66. The molecule has 0 saturated heterocycles. The van der Waals surface area contributed by atoms with Gasteiger partial charge in [0.05, 0.1) is 17.3 Å². The van der Waals surface area contributed by atoms with Crippen molar-refractivity contribution in [2.24, 2.45) is 5.73 Å². The van der Waals surface area contributed by atoms with Gasteiger partial charge in [0.2, 0.25) is 0 Å². The third-order valence-corrected chi connectivity index (χ3v) is 3.31. The van der Waals surface area contributed by atoms with Gasteiger partial charge in [-0.25, -0.2) is 4.98 Å². The van der Waals surface area contributed by atoms with Crippen molar-refractivity contribution in [1.82, 2.24) is 9.38 Å². The molecular weight excluding hydrogens is 279 g/mol. The summed E-state index contributed by atoms with van der Waals surface area (Å²) < 4.78 is 40.9. The number of fused-ring (bicyclic) bond motifs is 1. The van der Waals surface area contributed by atoms with Crippen LogP contribution in [0.1, 0.15) is 11.1 Å². The number of halogens is 3. The Kier molecular flexibility index (Phi) is 3.17. The lowest BCUT2D eigenvalue weighted by Crippen LogP contribution is -2.08. The molecule has 0 saturated carbocycles. The maximum Gasteiger partial charge on any atom is 0.417 e. The largest absolute Gasteiger partial charge is 0.417 e. The Bertz CT molecular complexity index is 790. The molecule has 6 heteroatoms. The van der Waals surface area contributed by atoms with Gasteiger partial charge in [0.15, 0.2) is 0 Å². The fourth-order valence-corrected chi connectivity index (χ4v) is 2.30. The van der Waals surface area contributed by atoms with Gasteiger partial charge in [-0.1, -0.05) is 18.2 Å². The van der Waals surface area contributed by atoms with Gasteiger partial charge in [0.1, 0.15) is 5.82 Å². The molecule has 0 spiro atoms. The minimum atomic E-state index is -4.42. The number of nitrogens with zero attached hydrogens (tertiary/aromatic N) is 2. The topological polar surface area (TPSA) is 43.3 Å². The van der Waals surface area contributed by atoms with Crippen molar-refractivity contribution in [3.63, 3.8) is 0 Å². The molecule has 0 atom stereocenters. The van der Waals surface area contributed by atoms with Gasteiger partial charge in [-0.3, -0.25) is 4.40 Å². The van der Waals surface area contributed by atoms with Crippen LogP contribution in [0.15, 0.2) is 48.8 Å². The lowest BCUT2D eigenvalue weighted by atomic mass is 10.1. The zero-order valence-electron chi connectivity index (χ0n) is 10.9. The minimum absolute atomic E-state index is 0.0606. The van der Waals surface area contributed by atoms with Gasteiger partial charge in [-0.15, -0.1) is 0 Å². The first-order valence-electron chi connectivity index (χ1n) is 6.33. The molecule has 3 rings (SSSR count). The SMILES string of the molecule is NCc1ccn2c(-c3ccccc3C(F)(F)F)ncc2c1. The van der Waals surface area contributed by atoms with Crippen LogP contribution >= 0.6 is 0 Å². The summed E-state index contributed by atoms with van der Waals surface area (Å²) in [6.45, 7) is 0.371. The smallest absolute Gasteiger partial charge is 0.326 e. The predicted octanol–water partition coefficient (Wildman–Crippen LogP) is 3.48. The maximum atomic E-state index is 13.1. The molecule has 0 fully saturated rings. The highest BCUT2D eigenvalue weighted by atomic mass is 19.4. The first kappa shape index (κ1) is 13.6. The summed E-state index contributed by atoms with van der Waals surface area (Å²) >= 11 is 0. The van der Waals surface area contributed by atoms with E-state index >= 15 is 0 Å². The van der Waals surface area contributed by atoms with Gasteiger partial charge in [0, 0.05) is 18.3 Å². The Hall–Kier alpha value is -2.34. The molecule has 0 aliphatic rings. The molecule has 3 aromatic rings. The third-order valence-electron chi connectivity index (χ3n) is 3.31. The molecule has 0 amide bonds. The second kappa shape index (κ2) is 4.89. The molecule has 0 aliphatic heterocycles. The molecule has 1 aromatic carbocycles. The molecule has 3 nitrogen and oxygen atoms in total. The maximum absolute atomic E-state index is 13.1. The van der Waals surface area contributed by atoms with Crippen molar-refractivity contribution in [3.05, 3.63) is 59.9 Å². The fourth-order valence-electron chi connectivity index (χ4n) is 2.30. The zero-order valence-corrected chi connectivity index (χ0v) is 10.9. The van der Waals surface area contributed by atoms with E-state index in [-0.39, 0.29) is 11.4 Å². The number of hydrogen-bond acceptors (Lipinski definition) is 2. The monoisotopic (exact) mass is 291 g/mol. The Labute approximate surface area is 118 Å². The van der Waals surface area contributed by atoms with Crippen LogP contribution in [0.4, 0.5) is 13.2 Å². The number of hydrogen-bond donors (Lipinski definition) is 1. The quantitative estimate of drug-likeness (QED) is 0.785. The van der Waals surface area contributed by atoms with Crippen LogP contribution in [-0.2, 0) is 12.7 Å². The van der Waals surface area contributed by atoms with Crippen LogP contribution in [0.5, 0.6) is 0 Å². The summed E-state index contributed by atoms with van der Waals surface area (Å²) in [6, 6.07) is 9.01. The van der Waals surface area contributed by atoms with E-state index in [4.69, 9.17) is 5.73 Å². The van der Waals surface area contributed by atoms with Gasteiger partial charge in [-0.05, 0) is 23.8 Å². The number of imidazole rings is 1. The van der Waals surface area contributed by atoms with Crippen LogP contribution in [0, 0.1) is 0 Å². The average molecular weight is 291 g/mol. The highest BCUT2D eigenvalue weighted by Crippen LogP contribution is 2.36. The first-order chi connectivity index (χ1) is 10.0. The molecule has 0 unspecified atom stereocenters. The Morgan fingerprint density at radius 2 is 1.90 bits per heavy atom. The van der Waals surface area contributed by atoms with Crippen molar-refractivity contribution in [1.29, 1.82) is 0 Å². The van der Waals surface area contributed by atoms with Crippen LogP contribution in [-0.4, -0.2) is 9.38 Å². The summed E-state index contributed by atoms with van der Waals surface area (Å²) in [5.74, 6) is 0.265. The highest BCUT2D eigenvalue weighted by Gasteiger charge is 2.34. The standard InChI is InChI=1S/C15H12F3N3/c16-15(17,18)13-4-2-1-3-12(13)14-20-9-11-7-10(8-19)5-6-21(11)14/h1-7,9H,8,19H2. The average Bonchev–Trinajstić information content (AvgIpc) is 2.89. The molecule has 2 N–H and O–H groups in total. The van der Waals surface area contributed by atoms with Crippen LogP contribution in [0.25, 0.3) is 16.9 Å². The number of nitrogens with two attached hydrogens (primary N) is 1. The van der Waals surface area contributed by atoms with Gasteiger partial charge >= 0.3 is 6.18 Å². The number of alkyl halides is 3. The Balaban J connectivity index is 2.22. The van der Waals surface area contributed by atoms with E-state index < -0.39 is 11.7 Å². The number of pyridine rings is 1. The predicted molar refractivity (Wildman–Crippen MR) is 73.5 cm³/mol. The summed E-state index contributed by atoms with van der Waals surface area (Å²) in [7, 11) is 0. The molecule has 108 valence electrons. The van der Waals surface area contributed by atoms with E-state index in [1.807, 2.05) is 6.07 Å². The molecule has 2 heterocycles. The van der Waals surface area contributed by atoms with Crippen molar-refractivity contribution in [3.8, 4) is 11.4 Å². The number of rotatable bonds is 2. The normalized spacial score (nSPS) is 12.0. The van der Waals surface area contributed by atoms with E-state index in [1.165, 1.54) is 12.1 Å². The summed E-state index contributed by atoms with van der Waals surface area (Å²) in [5.41, 5.74) is 6.54. The molecule has 2 aromatic heterocycles. The molecule has 21 heavy (non-hydrogen) atoms. The van der Waals surface area contributed by atoms with E-state index in [9.17, 15) is 13.2 Å². The van der Waals surface area contributed by atoms with Crippen LogP contribution < -0.4 is 5.73 Å². The fraction of sp³-hybridized carbons (Fsp3) is 0.133. The molecule has 0 aliphatic carbocycles. The molecule has 0 bridgehead atoms. The third kappa shape index (κ3) is 2.38. The zero-order chi connectivity index (χ0) is 15.0. The lowest BCUT2D eigenvalue weighted by Gasteiger charge is -2.12. The van der Waals surface area contributed by atoms with E-state index in [2.05, 4.69) is 4.98 Å². The highest BCUT2D eigenvalue weighted by molar-refractivity contribution is 5.66. The number of aromatic nitrogens is 2. The van der Waals surface area contributed by atoms with Crippen molar-refractivity contribution in [2.45, 2.75) is 12.7 Å². The van der Waals surface area contributed by atoms with E-state index in [0.717, 1.165) is 11.6 Å². The number of benzene rings is 1. The first-order valence-corrected chi connectivity index (χ1v) is 6.33. The second-order valence-corrected chi connectivity index (χ2v) is 4.66. The van der Waals surface area contributed by atoms with E-state index in [0.29, 0.717) is 12.1 Å². The summed E-state index contributed by atoms with van der Waals surface area (Å²) in [4.78, 5) is 4.14. The lowest BCUT2D eigenvalue weighted by molar-refractivity contribution is -0.137. The van der Waals surface area contributed by atoms with Crippen LogP contribution in [0.3, 0.4) is 0 Å². The van der Waals surface area contributed by atoms with E-state index in [1.54, 1.807) is 28.9 Å². The van der Waals surface area contributed by atoms with Crippen LogP contribution in [0.2, 0.25) is 0 Å². The van der Waals surface area contributed by atoms with Crippen molar-refractivity contribution in [2.75, 3.05) is 0 Å². The molecule has 0 radical (unpaired) electrons. The molecular formula is C15H12F3N3. The van der Waals surface area contributed by atoms with Crippen molar-refractivity contribution < 1.29 is 13.2 Å². The van der Waals surface area contributed by atoms with Gasteiger partial charge < -0.3 is 5.73 Å². The Morgan fingerprint density at radius 1 is 1.14 bits per heavy atom. The van der Waals surface area contributed by atoms with Gasteiger partial charge in [0.25, 0.3) is 0 Å².